The van der Waals surface area contributed by atoms with E-state index in [0.29, 0.717) is 29.1 Å². The number of benzene rings is 2. The molecule has 2 aromatic carbocycles. The first-order valence-electron chi connectivity index (χ1n) is 13.6. The number of carbonyl (C=O) groups is 2. The number of nitrogens with one attached hydrogen (secondary N) is 3. The van der Waals surface area contributed by atoms with Gasteiger partial charge in [-0.1, -0.05) is 6.92 Å². The highest BCUT2D eigenvalue weighted by atomic mass is 19.2. The van der Waals surface area contributed by atoms with Gasteiger partial charge in [-0.3, -0.25) is 19.0 Å². The Morgan fingerprint density at radius 3 is 2.66 bits per heavy atom. The second-order valence-electron chi connectivity index (χ2n) is 9.56. The maximum atomic E-state index is 14.9. The number of imidazole rings is 1. The van der Waals surface area contributed by atoms with E-state index in [1.165, 1.54) is 31.5 Å². The number of nitriles is 1. The number of hydrogen-bond acceptors (Lipinski definition) is 9. The largest absolute Gasteiger partial charge is 0.476 e. The predicted molar refractivity (Wildman–Crippen MR) is 159 cm³/mol. The Hall–Kier alpha value is -5.42. The van der Waals surface area contributed by atoms with E-state index in [1.54, 1.807) is 34.9 Å². The van der Waals surface area contributed by atoms with Gasteiger partial charge in [0.15, 0.2) is 35.7 Å². The molecule has 12 nitrogen and oxygen atoms in total. The highest BCUT2D eigenvalue weighted by molar-refractivity contribution is 5.96. The molecule has 0 aliphatic rings. The van der Waals surface area contributed by atoms with Gasteiger partial charge in [0.05, 0.1) is 18.0 Å². The number of fused-ring (bicyclic) bond motifs is 1. The van der Waals surface area contributed by atoms with Crippen LogP contribution in [0.2, 0.25) is 0 Å². The van der Waals surface area contributed by atoms with Crippen molar-refractivity contribution in [1.29, 1.82) is 5.26 Å². The molecule has 0 fully saturated rings. The molecule has 0 saturated carbocycles. The number of amides is 2. The zero-order chi connectivity index (χ0) is 31.8. The molecular weight excluding hydrogens is 574 g/mol. The quantitative estimate of drug-likeness (QED) is 0.133. The normalized spacial score (nSPS) is 12.2. The zero-order valence-corrected chi connectivity index (χ0v) is 24.0. The molecule has 4 N–H and O–H groups in total. The van der Waals surface area contributed by atoms with Crippen molar-refractivity contribution in [2.45, 2.75) is 32.4 Å². The summed E-state index contributed by atoms with van der Waals surface area (Å²) in [4.78, 5) is 37.2. The summed E-state index contributed by atoms with van der Waals surface area (Å²) in [6.45, 7) is 6.53. The van der Waals surface area contributed by atoms with Gasteiger partial charge in [-0.05, 0) is 56.0 Å². The number of ether oxygens (including phenoxy) is 1. The molecule has 2 atom stereocenters. The lowest BCUT2D eigenvalue weighted by atomic mass is 10.0. The van der Waals surface area contributed by atoms with E-state index >= 15 is 0 Å². The van der Waals surface area contributed by atoms with Crippen molar-refractivity contribution >= 4 is 35.7 Å². The van der Waals surface area contributed by atoms with E-state index in [2.05, 4.69) is 37.6 Å². The molecular formula is C30H30F2N8O4. The van der Waals surface area contributed by atoms with Crippen molar-refractivity contribution in [2.75, 3.05) is 25.0 Å². The summed E-state index contributed by atoms with van der Waals surface area (Å²) in [5.74, 6) is -3.19. The Bertz CT molecular complexity index is 1730. The van der Waals surface area contributed by atoms with Crippen LogP contribution in [0.3, 0.4) is 0 Å². The first-order valence-corrected chi connectivity index (χ1v) is 13.6. The Labute approximate surface area is 251 Å². The second-order valence-corrected chi connectivity index (χ2v) is 9.56. The fourth-order valence-corrected chi connectivity index (χ4v) is 4.50. The van der Waals surface area contributed by atoms with Crippen molar-refractivity contribution in [3.05, 3.63) is 71.7 Å². The van der Waals surface area contributed by atoms with Gasteiger partial charge in [0, 0.05) is 42.3 Å². The van der Waals surface area contributed by atoms with E-state index in [9.17, 15) is 23.5 Å². The molecule has 0 aliphatic heterocycles. The number of aromatic nitrogens is 3. The molecule has 4 rings (SSSR count). The van der Waals surface area contributed by atoms with Crippen molar-refractivity contribution in [1.82, 2.24) is 25.0 Å². The molecule has 44 heavy (non-hydrogen) atoms. The molecule has 14 heteroatoms. The minimum atomic E-state index is -1.21. The minimum Gasteiger partial charge on any atom is -0.476 e. The van der Waals surface area contributed by atoms with Crippen LogP contribution >= 0.6 is 0 Å². The van der Waals surface area contributed by atoms with E-state index < -0.39 is 36.3 Å². The van der Waals surface area contributed by atoms with Gasteiger partial charge in [0.1, 0.15) is 6.07 Å². The molecule has 2 aromatic heterocycles. The summed E-state index contributed by atoms with van der Waals surface area (Å²) in [7, 11) is 0. The van der Waals surface area contributed by atoms with Crippen LogP contribution in [0.25, 0.3) is 16.9 Å². The first kappa shape index (κ1) is 31.5. The summed E-state index contributed by atoms with van der Waals surface area (Å²) in [6.07, 6.45) is 3.99. The van der Waals surface area contributed by atoms with Gasteiger partial charge in [0.25, 0.3) is 5.91 Å². The third-order valence-electron chi connectivity index (χ3n) is 6.67. The number of rotatable bonds is 13. The van der Waals surface area contributed by atoms with Crippen LogP contribution in [-0.2, 0) is 11.2 Å². The number of carbonyl (C=O) groups excluding carboxylic acids is 2. The lowest BCUT2D eigenvalue weighted by Crippen LogP contribution is -2.43. The number of nitrogens with zero attached hydrogens (tertiary/aromatic N) is 5. The van der Waals surface area contributed by atoms with Crippen molar-refractivity contribution in [2.24, 2.45) is 4.99 Å². The maximum Gasteiger partial charge on any atom is 0.251 e. The highest BCUT2D eigenvalue weighted by Crippen LogP contribution is 2.32. The van der Waals surface area contributed by atoms with Crippen LogP contribution < -0.4 is 20.7 Å². The topological polar surface area (TPSA) is 166 Å². The average molecular weight is 605 g/mol. The average Bonchev–Trinajstić information content (AvgIpc) is 3.45. The first-order chi connectivity index (χ1) is 21.2. The smallest absolute Gasteiger partial charge is 0.251 e. The zero-order valence-electron chi connectivity index (χ0n) is 24.0. The monoisotopic (exact) mass is 604 g/mol. The van der Waals surface area contributed by atoms with Crippen LogP contribution in [-0.4, -0.2) is 69.8 Å². The predicted octanol–water partition coefficient (Wildman–Crippen LogP) is 3.18. The van der Waals surface area contributed by atoms with Crippen LogP contribution in [0, 0.1) is 23.0 Å². The van der Waals surface area contributed by atoms with E-state index in [4.69, 9.17) is 10.00 Å². The van der Waals surface area contributed by atoms with Crippen molar-refractivity contribution < 1.29 is 28.2 Å². The Kier molecular flexibility index (Phi) is 10.1. The number of aliphatic hydroxyl groups excluding tert-OH is 1. The highest BCUT2D eigenvalue weighted by Gasteiger charge is 2.22. The standard InChI is InChI=1S/C30H30F2N8O4/c1-4-18-15-19(5-6-20(18)29(42)36-10-11-37-30(43)26(34-3)17(2)41)39-27-28-38-16-22(40(28)13-12-35-27)21-7-8-23(44-14-9-33)25(32)24(21)31/h5-8,12-13,15-17,26,41H,3-4,10-11,14H2,1-2H3,(H,35,39)(H,36,42)(H,37,43)/t17-,26+/m1/s1. The number of aliphatic imine (C=N–C) groups is 1. The minimum absolute atomic E-state index is 0.0557. The van der Waals surface area contributed by atoms with E-state index in [0.717, 1.165) is 5.56 Å². The molecule has 0 radical (unpaired) electrons. The van der Waals surface area contributed by atoms with E-state index in [1.807, 2.05) is 6.92 Å². The number of aliphatic hydroxyl groups is 1. The number of anilines is 2. The SMILES string of the molecule is C=N[C@H](C(=O)NCCNC(=O)c1ccc(Nc2nccn3c(-c4ccc(OCC#N)c(F)c4F)cnc23)cc1CC)[C@@H](C)O. The Balaban J connectivity index is 1.48. The lowest BCUT2D eigenvalue weighted by molar-refractivity contribution is -0.124. The molecule has 228 valence electrons. The molecule has 0 unspecified atom stereocenters. The van der Waals surface area contributed by atoms with Gasteiger partial charge in [-0.25, -0.2) is 14.4 Å². The molecule has 2 heterocycles. The molecule has 2 amide bonds. The fourth-order valence-electron chi connectivity index (χ4n) is 4.50. The van der Waals surface area contributed by atoms with Crippen LogP contribution in [0.15, 0.2) is 53.9 Å². The molecule has 0 saturated heterocycles. The third kappa shape index (κ3) is 6.79. The molecule has 0 bridgehead atoms. The number of aryl methyl sites for hydroxylation is 1. The number of halogens is 2. The van der Waals surface area contributed by atoms with Gasteiger partial charge in [0.2, 0.25) is 11.7 Å². The second kappa shape index (κ2) is 14.2. The summed E-state index contributed by atoms with van der Waals surface area (Å²) in [5, 5.41) is 26.8. The fraction of sp³-hybridized carbons (Fsp3) is 0.267. The summed E-state index contributed by atoms with van der Waals surface area (Å²) < 4.78 is 36.0. The lowest BCUT2D eigenvalue weighted by Gasteiger charge is -2.15. The van der Waals surface area contributed by atoms with Gasteiger partial charge in [-0.15, -0.1) is 0 Å². The van der Waals surface area contributed by atoms with Crippen molar-refractivity contribution in [3.63, 3.8) is 0 Å². The van der Waals surface area contributed by atoms with Gasteiger partial charge in [-0.2, -0.15) is 9.65 Å². The summed E-state index contributed by atoms with van der Waals surface area (Å²) >= 11 is 0. The molecule has 0 aliphatic carbocycles. The van der Waals surface area contributed by atoms with Crippen LogP contribution in [0.1, 0.15) is 29.8 Å². The number of hydrogen-bond donors (Lipinski definition) is 4. The maximum absolute atomic E-state index is 14.9. The van der Waals surface area contributed by atoms with Crippen LogP contribution in [0.4, 0.5) is 20.3 Å². The molecule has 0 spiro atoms. The third-order valence-corrected chi connectivity index (χ3v) is 6.67. The Morgan fingerprint density at radius 1 is 1.18 bits per heavy atom. The van der Waals surface area contributed by atoms with E-state index in [-0.39, 0.29) is 36.0 Å². The summed E-state index contributed by atoms with van der Waals surface area (Å²) in [6, 6.07) is 8.47. The molecule has 4 aromatic rings. The van der Waals surface area contributed by atoms with Gasteiger partial charge >= 0.3 is 0 Å². The van der Waals surface area contributed by atoms with Crippen molar-refractivity contribution in [3.8, 4) is 23.1 Å². The van der Waals surface area contributed by atoms with Gasteiger partial charge < -0.3 is 25.8 Å². The Morgan fingerprint density at radius 2 is 1.95 bits per heavy atom. The van der Waals surface area contributed by atoms with Crippen LogP contribution in [0.5, 0.6) is 5.75 Å². The summed E-state index contributed by atoms with van der Waals surface area (Å²) in [5.41, 5.74) is 2.38.